The smallest absolute Gasteiger partial charge is 0.394 e. The lowest BCUT2D eigenvalue weighted by atomic mass is 9.94. The molecule has 0 amide bonds. The number of hydrogen-bond acceptors (Lipinski definition) is 38. The van der Waals surface area contributed by atoms with Crippen LogP contribution in [-0.2, 0) is 70.7 Å². The van der Waals surface area contributed by atoms with Gasteiger partial charge in [-0.2, -0.15) is 0 Å². The van der Waals surface area contributed by atoms with Crippen LogP contribution in [0.4, 0.5) is 0 Å². The average Bonchev–Trinajstić information content (AvgIpc) is 3.50. The average molecular weight is 1280 g/mol. The summed E-state index contributed by atoms with van der Waals surface area (Å²) < 4.78 is 91.3. The number of phosphoric ester groups is 1. The Morgan fingerprint density at radius 2 is 0.847 bits per heavy atom. The van der Waals surface area contributed by atoms with Crippen molar-refractivity contribution in [3.63, 3.8) is 0 Å². The molecule has 26 N–H and O–H groups in total. The third kappa shape index (κ3) is 15.8. The van der Waals surface area contributed by atoms with Gasteiger partial charge in [0.1, 0.15) is 177 Å². The Bertz CT molecular complexity index is 2080. The summed E-state index contributed by atoms with van der Waals surface area (Å²) in [5, 5.41) is 235. The fourth-order valence-corrected chi connectivity index (χ4v) is 11.0. The maximum atomic E-state index is 12.6. The molecule has 7 rings (SSSR count). The van der Waals surface area contributed by atoms with Crippen molar-refractivity contribution in [3.8, 4) is 0 Å². The molecule has 41 heteroatoms. The number of phosphoric acid groups is 1. The predicted octanol–water partition coefficient (Wildman–Crippen LogP) is -16.8. The van der Waals surface area contributed by atoms with Crippen molar-refractivity contribution in [2.24, 2.45) is 5.73 Å². The summed E-state index contributed by atoms with van der Waals surface area (Å²) in [5.41, 5.74) is 6.05. The van der Waals surface area contributed by atoms with Gasteiger partial charge in [-0.15, -0.1) is 0 Å². The number of rotatable bonds is 23. The van der Waals surface area contributed by atoms with Gasteiger partial charge in [0.25, 0.3) is 0 Å². The van der Waals surface area contributed by atoms with E-state index in [2.05, 4.69) is 0 Å². The minimum Gasteiger partial charge on any atom is -0.394 e. The molecule has 7 aliphatic rings. The molecule has 0 unspecified atom stereocenters. The Kier molecular flexibility index (Phi) is 25.4. The van der Waals surface area contributed by atoms with Crippen molar-refractivity contribution >= 4 is 7.82 Å². The summed E-state index contributed by atoms with van der Waals surface area (Å²) in [6.07, 6.45) is -72.4. The van der Waals surface area contributed by atoms with Crippen LogP contribution in [0.1, 0.15) is 0 Å². The van der Waals surface area contributed by atoms with Gasteiger partial charge in [-0.3, -0.25) is 4.52 Å². The van der Waals surface area contributed by atoms with Gasteiger partial charge >= 0.3 is 7.82 Å². The third-order valence-electron chi connectivity index (χ3n) is 15.4. The van der Waals surface area contributed by atoms with Crippen LogP contribution in [0.3, 0.4) is 0 Å². The van der Waals surface area contributed by atoms with E-state index in [-0.39, 0.29) is 0 Å². The zero-order valence-corrected chi connectivity index (χ0v) is 45.2. The van der Waals surface area contributed by atoms with Crippen LogP contribution in [0.2, 0.25) is 0 Å². The molecule has 0 saturated carbocycles. The number of aliphatic hydroxyl groups excluding tert-OH is 22. The number of aliphatic hydroxyl groups is 22. The quantitative estimate of drug-likeness (QED) is 0.0422. The number of hydrogen-bond donors (Lipinski definition) is 25. The van der Waals surface area contributed by atoms with E-state index in [1.807, 2.05) is 0 Å². The number of ether oxygens (including phenoxy) is 13. The van der Waals surface area contributed by atoms with E-state index in [0.717, 1.165) is 0 Å². The molecule has 36 atom stereocenters. The lowest BCUT2D eigenvalue weighted by Crippen LogP contribution is -2.69. The minimum atomic E-state index is -5.81. The molecule has 7 fully saturated rings. The molecular formula is C44H78NO39P. The van der Waals surface area contributed by atoms with Crippen LogP contribution in [0.5, 0.6) is 0 Å². The van der Waals surface area contributed by atoms with Gasteiger partial charge in [-0.1, -0.05) is 0 Å². The summed E-state index contributed by atoms with van der Waals surface area (Å²) in [6.45, 7) is -8.16. The first-order chi connectivity index (χ1) is 40.0. The van der Waals surface area contributed by atoms with Crippen molar-refractivity contribution in [1.29, 1.82) is 0 Å². The van der Waals surface area contributed by atoms with Gasteiger partial charge in [-0.05, 0) is 0 Å². The van der Waals surface area contributed by atoms with Gasteiger partial charge in [0.05, 0.1) is 58.9 Å². The number of nitrogens with two attached hydrogens (primary N) is 1. The molecule has 0 bridgehead atoms. The minimum absolute atomic E-state index is 0.920. The van der Waals surface area contributed by atoms with Gasteiger partial charge in [0.2, 0.25) is 0 Å². The molecule has 0 aliphatic carbocycles. The van der Waals surface area contributed by atoms with Gasteiger partial charge in [-0.25, -0.2) is 4.57 Å². The first kappa shape index (κ1) is 71.1. The van der Waals surface area contributed by atoms with Crippen LogP contribution in [0.15, 0.2) is 0 Å². The van der Waals surface area contributed by atoms with Crippen LogP contribution in [0.25, 0.3) is 0 Å². The van der Waals surface area contributed by atoms with Crippen LogP contribution in [0, 0.1) is 0 Å². The summed E-state index contributed by atoms with van der Waals surface area (Å²) >= 11 is 0. The third-order valence-corrected chi connectivity index (χ3v) is 15.9. The second-order valence-corrected chi connectivity index (χ2v) is 22.4. The Balaban J connectivity index is 1.20. The topological polar surface area (TPSA) is 658 Å². The lowest BCUT2D eigenvalue weighted by Gasteiger charge is -2.50. The fourth-order valence-electron chi connectivity index (χ4n) is 10.5. The first-order valence-corrected chi connectivity index (χ1v) is 28.1. The molecule has 7 aliphatic heterocycles. The molecule has 40 nitrogen and oxygen atoms in total. The molecular weight excluding hydrogens is 1200 g/mol. The maximum absolute atomic E-state index is 12.6. The zero-order valence-electron chi connectivity index (χ0n) is 44.3. The Hall–Kier alpha value is -1.33. The lowest BCUT2D eigenvalue weighted by molar-refractivity contribution is -0.403. The zero-order chi connectivity index (χ0) is 62.8. The fraction of sp³-hybridized carbons (Fsp3) is 1.00. The van der Waals surface area contributed by atoms with E-state index >= 15 is 0 Å². The highest BCUT2D eigenvalue weighted by Crippen LogP contribution is 2.43. The molecule has 0 spiro atoms. The first-order valence-electron chi connectivity index (χ1n) is 26.5. The Labute approximate surface area is 479 Å². The van der Waals surface area contributed by atoms with Crippen LogP contribution < -0.4 is 5.73 Å². The van der Waals surface area contributed by atoms with Gasteiger partial charge < -0.3 is 189 Å². The van der Waals surface area contributed by atoms with E-state index < -0.39 is 281 Å². The van der Waals surface area contributed by atoms with Gasteiger partial charge in [0.15, 0.2) is 37.7 Å². The van der Waals surface area contributed by atoms with E-state index in [1.54, 1.807) is 0 Å². The SMILES string of the molecule is N[C@H]1[C@@H](O[C@H]2[C@@H](O[C@H]3[C@@H](O[C@@H]4[C@@H](O)[C@@H](O[C@H]5[C@H](OP(=O)(O)O)[C@@H]([C@@H](O)CO[C@H]6O[C@H]([C@@H](O)CO)[C@@H](O)[C@H](O)[C@@H]6O)OC[C@H]5O)O[C@H](CO[C@H]5O[C@H](CO)[C@H](O)[C@H](O)[C@H]5O)[C@H]4O)O[C@H](CO)[C@@H](O)[C@@H]3O)O[C@H](CO)[C@@H](O)[C@@H]2O)O[C@H](CO)[C@@H](O)[C@@H]1O. The van der Waals surface area contributed by atoms with E-state index in [4.69, 9.17) is 71.8 Å². The summed E-state index contributed by atoms with van der Waals surface area (Å²) in [7, 11) is -5.81. The second kappa shape index (κ2) is 30.4. The van der Waals surface area contributed by atoms with E-state index in [1.165, 1.54) is 0 Å². The van der Waals surface area contributed by atoms with Crippen LogP contribution in [-0.4, -0.2) is 396 Å². The normalized spacial score (nSPS) is 50.2. The molecule has 85 heavy (non-hydrogen) atoms. The Morgan fingerprint density at radius 3 is 1.36 bits per heavy atom. The standard InChI is InChI=1S/C44H78NO39P/c45-17-23(59)18(54)12(2-47)74-39(17)82-36-26(62)20(56)15(5-50)77-44(36)83-37-27(63)21(57)14(4-49)76-43(37)81-35-22(58)16(8-73-40-29(65)24(60)19(55)13(3-48)75-40)78-42(31(35)67)80-34-11(53)6-71-33(38(34)84-85(68,69)70)10(52)7-72-41-30(66)25(61)28(64)32(79-41)9(51)1-46/h9-44,46-67H,1-8,45H2,(H2,68,69,70)/t9-,10-,11+,12+,13+,14+,15+,16+,17+,18+,19-,20+,21+,22+,23+,24-,25-,26-,27-,28-,29+,30-,31+,32+,33+,34+,35-,36+,37+,38+,39+,40-,41-,42+,43+,44+/m0/s1. The predicted molar refractivity (Wildman–Crippen MR) is 256 cm³/mol. The van der Waals surface area contributed by atoms with E-state index in [9.17, 15) is 127 Å². The highest BCUT2D eigenvalue weighted by molar-refractivity contribution is 7.46. The largest absolute Gasteiger partial charge is 0.470 e. The summed E-state index contributed by atoms with van der Waals surface area (Å²) in [5.74, 6) is 0. The van der Waals surface area contributed by atoms with Crippen LogP contribution >= 0.6 is 7.82 Å². The molecule has 0 aromatic rings. The van der Waals surface area contributed by atoms with Crippen molar-refractivity contribution in [1.82, 2.24) is 0 Å². The monoisotopic (exact) mass is 1280 g/mol. The highest BCUT2D eigenvalue weighted by atomic mass is 31.2. The van der Waals surface area contributed by atoms with Crippen molar-refractivity contribution in [2.45, 2.75) is 221 Å². The molecule has 0 aromatic heterocycles. The molecule has 0 radical (unpaired) electrons. The molecule has 0 aromatic carbocycles. The van der Waals surface area contributed by atoms with Gasteiger partial charge in [0, 0.05) is 0 Å². The van der Waals surface area contributed by atoms with E-state index in [0.29, 0.717) is 0 Å². The maximum Gasteiger partial charge on any atom is 0.470 e. The molecule has 498 valence electrons. The molecule has 7 heterocycles. The highest BCUT2D eigenvalue weighted by Gasteiger charge is 2.59. The Morgan fingerprint density at radius 1 is 0.412 bits per heavy atom. The van der Waals surface area contributed by atoms with Crippen molar-refractivity contribution in [2.75, 3.05) is 52.9 Å². The summed E-state index contributed by atoms with van der Waals surface area (Å²) in [6, 6.07) is -1.67. The van der Waals surface area contributed by atoms with Crippen molar-refractivity contribution in [3.05, 3.63) is 0 Å². The van der Waals surface area contributed by atoms with Crippen molar-refractivity contribution < 1.29 is 193 Å². The second-order valence-electron chi connectivity index (χ2n) is 21.2. The summed E-state index contributed by atoms with van der Waals surface area (Å²) in [4.78, 5) is 20.2. The molecule has 7 saturated heterocycles.